The normalized spacial score (nSPS) is 22.1. The van der Waals surface area contributed by atoms with Crippen LogP contribution >= 0.6 is 0 Å². The van der Waals surface area contributed by atoms with Crippen molar-refractivity contribution in [1.82, 2.24) is 9.62 Å². The molecule has 6 heteroatoms. The largest absolute Gasteiger partial charge is 0.314 e. The van der Waals surface area contributed by atoms with E-state index in [2.05, 4.69) is 5.32 Å². The monoisotopic (exact) mass is 272 g/mol. The Hall–Kier alpha value is -0.980. The molecule has 1 atom stereocenters. The molecule has 0 aromatic heterocycles. The lowest BCUT2D eigenvalue weighted by molar-refractivity contribution is 0.283. The van der Waals surface area contributed by atoms with E-state index in [4.69, 9.17) is 0 Å². The number of nitrogens with one attached hydrogen (secondary N) is 1. The summed E-state index contributed by atoms with van der Waals surface area (Å²) in [5, 5.41) is 3.13. The summed E-state index contributed by atoms with van der Waals surface area (Å²) in [4.78, 5) is 0.0660. The second kappa shape index (κ2) is 4.95. The summed E-state index contributed by atoms with van der Waals surface area (Å²) < 4.78 is 39.9. The van der Waals surface area contributed by atoms with Crippen LogP contribution in [0.3, 0.4) is 0 Å². The van der Waals surface area contributed by atoms with Gasteiger partial charge in [-0.15, -0.1) is 0 Å². The van der Waals surface area contributed by atoms with Crippen molar-refractivity contribution >= 4 is 10.0 Å². The number of rotatable bonds is 2. The summed E-state index contributed by atoms with van der Waals surface area (Å²) in [7, 11) is -3.61. The maximum absolute atomic E-state index is 13.5. The first-order valence-electron chi connectivity index (χ1n) is 5.92. The molecule has 0 unspecified atom stereocenters. The summed E-state index contributed by atoms with van der Waals surface area (Å²) >= 11 is 0. The van der Waals surface area contributed by atoms with E-state index in [1.54, 1.807) is 0 Å². The molecule has 1 aromatic carbocycles. The predicted molar refractivity (Wildman–Crippen MR) is 67.4 cm³/mol. The van der Waals surface area contributed by atoms with Gasteiger partial charge < -0.3 is 5.32 Å². The fourth-order valence-electron chi connectivity index (χ4n) is 2.17. The van der Waals surface area contributed by atoms with Crippen molar-refractivity contribution in [2.75, 3.05) is 19.6 Å². The Labute approximate surface area is 107 Å². The molecule has 0 amide bonds. The van der Waals surface area contributed by atoms with Crippen molar-refractivity contribution in [2.45, 2.75) is 24.8 Å². The highest BCUT2D eigenvalue weighted by Gasteiger charge is 2.32. The fourth-order valence-corrected chi connectivity index (χ4v) is 4.04. The number of hydrogen-bond donors (Lipinski definition) is 1. The van der Waals surface area contributed by atoms with Gasteiger partial charge in [0.25, 0.3) is 0 Å². The standard InChI is InChI=1S/C12H17FN2O2S/c1-9-8-14-6-7-15(9)18(16,17)12-5-3-4-11(13)10(12)2/h3-5,9,14H,6-8H2,1-2H3/t9-/m1/s1. The average molecular weight is 272 g/mol. The SMILES string of the molecule is Cc1c(F)cccc1S(=O)(=O)N1CCNC[C@H]1C. The molecule has 0 bridgehead atoms. The van der Waals surface area contributed by atoms with E-state index in [0.29, 0.717) is 19.6 Å². The second-order valence-electron chi connectivity index (χ2n) is 4.53. The smallest absolute Gasteiger partial charge is 0.243 e. The van der Waals surface area contributed by atoms with E-state index in [0.717, 1.165) is 0 Å². The minimum atomic E-state index is -3.61. The number of nitrogens with zero attached hydrogens (tertiary/aromatic N) is 1. The van der Waals surface area contributed by atoms with Gasteiger partial charge in [-0.2, -0.15) is 4.31 Å². The van der Waals surface area contributed by atoms with Crippen LogP contribution < -0.4 is 5.32 Å². The molecule has 1 fully saturated rings. The van der Waals surface area contributed by atoms with Crippen molar-refractivity contribution in [2.24, 2.45) is 0 Å². The van der Waals surface area contributed by atoms with Crippen molar-refractivity contribution in [3.8, 4) is 0 Å². The molecule has 0 saturated carbocycles. The minimum Gasteiger partial charge on any atom is -0.314 e. The van der Waals surface area contributed by atoms with Gasteiger partial charge in [0.1, 0.15) is 5.82 Å². The Bertz CT molecular complexity index is 545. The van der Waals surface area contributed by atoms with Gasteiger partial charge in [-0.3, -0.25) is 0 Å². The van der Waals surface area contributed by atoms with Gasteiger partial charge in [-0.05, 0) is 26.0 Å². The molecule has 18 heavy (non-hydrogen) atoms. The molecular weight excluding hydrogens is 255 g/mol. The molecule has 100 valence electrons. The predicted octanol–water partition coefficient (Wildman–Crippen LogP) is 1.12. The van der Waals surface area contributed by atoms with E-state index in [-0.39, 0.29) is 16.5 Å². The van der Waals surface area contributed by atoms with Gasteiger partial charge in [0.2, 0.25) is 10.0 Å². The van der Waals surface area contributed by atoms with E-state index >= 15 is 0 Å². The third kappa shape index (κ3) is 2.28. The van der Waals surface area contributed by atoms with Crippen molar-refractivity contribution in [1.29, 1.82) is 0 Å². The molecule has 1 saturated heterocycles. The lowest BCUT2D eigenvalue weighted by Gasteiger charge is -2.33. The lowest BCUT2D eigenvalue weighted by Crippen LogP contribution is -2.52. The van der Waals surface area contributed by atoms with E-state index < -0.39 is 15.8 Å². The zero-order valence-corrected chi connectivity index (χ0v) is 11.3. The Morgan fingerprint density at radius 3 is 2.83 bits per heavy atom. The number of sulfonamides is 1. The summed E-state index contributed by atoms with van der Waals surface area (Å²) in [6.07, 6.45) is 0. The quantitative estimate of drug-likeness (QED) is 0.877. The summed E-state index contributed by atoms with van der Waals surface area (Å²) in [5.41, 5.74) is 0.184. The molecule has 1 aromatic rings. The minimum absolute atomic E-state index is 0.0660. The number of halogens is 1. The second-order valence-corrected chi connectivity index (χ2v) is 6.39. The van der Waals surface area contributed by atoms with Crippen molar-refractivity contribution in [3.63, 3.8) is 0 Å². The highest BCUT2D eigenvalue weighted by molar-refractivity contribution is 7.89. The average Bonchev–Trinajstić information content (AvgIpc) is 2.32. The van der Waals surface area contributed by atoms with Gasteiger partial charge in [-0.25, -0.2) is 12.8 Å². The third-order valence-corrected chi connectivity index (χ3v) is 5.40. The number of piperazine rings is 1. The first-order chi connectivity index (χ1) is 8.44. The molecule has 1 aliphatic rings. The van der Waals surface area contributed by atoms with Crippen LogP contribution in [0.15, 0.2) is 23.1 Å². The van der Waals surface area contributed by atoms with E-state index in [9.17, 15) is 12.8 Å². The number of hydrogen-bond acceptors (Lipinski definition) is 3. The van der Waals surface area contributed by atoms with E-state index in [1.807, 2.05) is 6.92 Å². The van der Waals surface area contributed by atoms with Crippen LogP contribution in [0, 0.1) is 12.7 Å². The molecule has 1 N–H and O–H groups in total. The molecule has 0 spiro atoms. The van der Waals surface area contributed by atoms with Crippen molar-refractivity contribution < 1.29 is 12.8 Å². The fraction of sp³-hybridized carbons (Fsp3) is 0.500. The Morgan fingerprint density at radius 2 is 2.17 bits per heavy atom. The highest BCUT2D eigenvalue weighted by Crippen LogP contribution is 2.23. The zero-order valence-electron chi connectivity index (χ0n) is 10.5. The molecule has 4 nitrogen and oxygen atoms in total. The van der Waals surface area contributed by atoms with Crippen molar-refractivity contribution in [3.05, 3.63) is 29.6 Å². The summed E-state index contributed by atoms with van der Waals surface area (Å²) in [6, 6.07) is 4.05. The Balaban J connectivity index is 2.44. The zero-order chi connectivity index (χ0) is 13.3. The molecule has 2 rings (SSSR count). The maximum atomic E-state index is 13.5. The maximum Gasteiger partial charge on any atom is 0.243 e. The first kappa shape index (κ1) is 13.5. The molecule has 0 radical (unpaired) electrons. The van der Waals surface area contributed by atoms with Gasteiger partial charge in [0.05, 0.1) is 4.90 Å². The van der Waals surface area contributed by atoms with Gasteiger partial charge in [0.15, 0.2) is 0 Å². The molecule has 1 aliphatic heterocycles. The van der Waals surface area contributed by atoms with Gasteiger partial charge in [0, 0.05) is 31.2 Å². The summed E-state index contributed by atoms with van der Waals surface area (Å²) in [5.74, 6) is -0.487. The topological polar surface area (TPSA) is 49.4 Å². The number of benzene rings is 1. The van der Waals surface area contributed by atoms with Gasteiger partial charge >= 0.3 is 0 Å². The third-order valence-electron chi connectivity index (χ3n) is 3.24. The lowest BCUT2D eigenvalue weighted by atomic mass is 10.2. The van der Waals surface area contributed by atoms with Gasteiger partial charge in [-0.1, -0.05) is 6.07 Å². The molecular formula is C12H17FN2O2S. The van der Waals surface area contributed by atoms with Crippen LogP contribution in [0.2, 0.25) is 0 Å². The van der Waals surface area contributed by atoms with Crippen LogP contribution in [0.25, 0.3) is 0 Å². The van der Waals surface area contributed by atoms with Crippen LogP contribution in [-0.2, 0) is 10.0 Å². The van der Waals surface area contributed by atoms with Crippen LogP contribution in [-0.4, -0.2) is 38.4 Å². The van der Waals surface area contributed by atoms with Crippen LogP contribution in [0.5, 0.6) is 0 Å². The molecule has 0 aliphatic carbocycles. The summed E-state index contributed by atoms with van der Waals surface area (Å²) in [6.45, 7) is 5.00. The Kier molecular flexibility index (Phi) is 3.70. The Morgan fingerprint density at radius 1 is 1.44 bits per heavy atom. The molecule has 1 heterocycles. The van der Waals surface area contributed by atoms with Crippen LogP contribution in [0.4, 0.5) is 4.39 Å². The van der Waals surface area contributed by atoms with Crippen LogP contribution in [0.1, 0.15) is 12.5 Å². The first-order valence-corrected chi connectivity index (χ1v) is 7.36. The highest BCUT2D eigenvalue weighted by atomic mass is 32.2. The van der Waals surface area contributed by atoms with E-state index in [1.165, 1.54) is 29.4 Å².